The Hall–Kier alpha value is -2.76. The number of carbonyl (C=O) groups excluding carboxylic acids is 2. The molecule has 2 amide bonds. The molecular formula is C17H20N2O4. The van der Waals surface area contributed by atoms with Crippen LogP contribution in [0.5, 0.6) is 5.75 Å². The summed E-state index contributed by atoms with van der Waals surface area (Å²) in [7, 11) is 0. The first kappa shape index (κ1) is 16.6. The van der Waals surface area contributed by atoms with Gasteiger partial charge in [-0.05, 0) is 57.0 Å². The Morgan fingerprint density at radius 1 is 1.09 bits per heavy atom. The van der Waals surface area contributed by atoms with Crippen LogP contribution in [0, 0.1) is 20.8 Å². The second-order valence-corrected chi connectivity index (χ2v) is 5.31. The number of rotatable bonds is 4. The summed E-state index contributed by atoms with van der Waals surface area (Å²) in [6, 6.07) is 8.84. The molecule has 122 valence electrons. The van der Waals surface area contributed by atoms with Crippen LogP contribution >= 0.6 is 0 Å². The molecule has 0 bridgehead atoms. The van der Waals surface area contributed by atoms with Crippen molar-refractivity contribution in [1.29, 1.82) is 0 Å². The van der Waals surface area contributed by atoms with Gasteiger partial charge in [0.15, 0.2) is 11.9 Å². The van der Waals surface area contributed by atoms with E-state index in [1.165, 1.54) is 6.07 Å². The third-order valence-corrected chi connectivity index (χ3v) is 3.49. The molecule has 6 heteroatoms. The van der Waals surface area contributed by atoms with Gasteiger partial charge in [0.2, 0.25) is 0 Å². The van der Waals surface area contributed by atoms with E-state index in [2.05, 4.69) is 10.9 Å². The van der Waals surface area contributed by atoms with Gasteiger partial charge in [-0.2, -0.15) is 0 Å². The summed E-state index contributed by atoms with van der Waals surface area (Å²) in [6.45, 7) is 7.24. The number of carbonyl (C=O) groups is 2. The van der Waals surface area contributed by atoms with Crippen LogP contribution in [0.3, 0.4) is 0 Å². The molecule has 0 aliphatic heterocycles. The van der Waals surface area contributed by atoms with Crippen molar-refractivity contribution in [1.82, 2.24) is 10.9 Å². The Balaban J connectivity index is 1.90. The molecule has 2 N–H and O–H groups in total. The Kier molecular flexibility index (Phi) is 5.05. The number of ether oxygens (including phenoxy) is 1. The van der Waals surface area contributed by atoms with E-state index in [1.807, 2.05) is 26.0 Å². The van der Waals surface area contributed by atoms with Crippen molar-refractivity contribution in [3.63, 3.8) is 0 Å². The lowest BCUT2D eigenvalue weighted by Crippen LogP contribution is -2.47. The summed E-state index contributed by atoms with van der Waals surface area (Å²) < 4.78 is 10.8. The highest BCUT2D eigenvalue weighted by atomic mass is 16.5. The van der Waals surface area contributed by atoms with E-state index < -0.39 is 17.9 Å². The topological polar surface area (TPSA) is 80.6 Å². The molecule has 6 nitrogen and oxygen atoms in total. The molecule has 1 aromatic carbocycles. The van der Waals surface area contributed by atoms with Crippen molar-refractivity contribution in [3.8, 4) is 5.75 Å². The van der Waals surface area contributed by atoms with E-state index in [1.54, 1.807) is 26.0 Å². The second kappa shape index (κ2) is 7.00. The molecule has 23 heavy (non-hydrogen) atoms. The molecule has 2 aromatic rings. The SMILES string of the molecule is Cc1ccc(C(=O)NNC(=O)C(C)Oc2cccc(C)c2C)o1. The molecular weight excluding hydrogens is 296 g/mol. The number of amides is 2. The molecule has 1 atom stereocenters. The fourth-order valence-corrected chi connectivity index (χ4v) is 1.93. The predicted octanol–water partition coefficient (Wildman–Crippen LogP) is 2.43. The zero-order valence-corrected chi connectivity index (χ0v) is 13.6. The summed E-state index contributed by atoms with van der Waals surface area (Å²) in [4.78, 5) is 23.8. The maximum absolute atomic E-state index is 12.0. The average Bonchev–Trinajstić information content (AvgIpc) is 2.95. The lowest BCUT2D eigenvalue weighted by molar-refractivity contribution is -0.128. The van der Waals surface area contributed by atoms with E-state index in [0.717, 1.165) is 11.1 Å². The number of furan rings is 1. The lowest BCUT2D eigenvalue weighted by atomic mass is 10.1. The highest BCUT2D eigenvalue weighted by molar-refractivity contribution is 5.93. The van der Waals surface area contributed by atoms with Gasteiger partial charge in [-0.1, -0.05) is 12.1 Å². The highest BCUT2D eigenvalue weighted by Crippen LogP contribution is 2.21. The van der Waals surface area contributed by atoms with E-state index in [4.69, 9.17) is 9.15 Å². The molecule has 0 radical (unpaired) electrons. The van der Waals surface area contributed by atoms with E-state index in [-0.39, 0.29) is 5.76 Å². The van der Waals surface area contributed by atoms with Gasteiger partial charge in [0.05, 0.1) is 0 Å². The quantitative estimate of drug-likeness (QED) is 0.849. The first-order chi connectivity index (χ1) is 10.9. The van der Waals surface area contributed by atoms with Gasteiger partial charge < -0.3 is 9.15 Å². The second-order valence-electron chi connectivity index (χ2n) is 5.31. The van der Waals surface area contributed by atoms with Crippen molar-refractivity contribution < 1.29 is 18.7 Å². The first-order valence-electron chi connectivity index (χ1n) is 7.28. The first-order valence-corrected chi connectivity index (χ1v) is 7.28. The van der Waals surface area contributed by atoms with Gasteiger partial charge in [-0.25, -0.2) is 0 Å². The summed E-state index contributed by atoms with van der Waals surface area (Å²) >= 11 is 0. The largest absolute Gasteiger partial charge is 0.481 e. The molecule has 0 fully saturated rings. The summed E-state index contributed by atoms with van der Waals surface area (Å²) in [5.41, 5.74) is 6.67. The molecule has 2 rings (SSSR count). The zero-order valence-electron chi connectivity index (χ0n) is 13.6. The van der Waals surface area contributed by atoms with Crippen LogP contribution in [0.1, 0.15) is 34.4 Å². The normalized spacial score (nSPS) is 11.7. The van der Waals surface area contributed by atoms with Crippen LogP contribution in [0.25, 0.3) is 0 Å². The van der Waals surface area contributed by atoms with Gasteiger partial charge in [0.25, 0.3) is 5.91 Å². The third kappa shape index (κ3) is 4.12. The third-order valence-electron chi connectivity index (χ3n) is 3.49. The molecule has 0 saturated carbocycles. The van der Waals surface area contributed by atoms with Crippen LogP contribution in [-0.4, -0.2) is 17.9 Å². The maximum Gasteiger partial charge on any atom is 0.305 e. The standard InChI is InChI=1S/C17H20N2O4/c1-10-6-5-7-14(12(10)3)23-13(4)16(20)18-19-17(21)15-9-8-11(2)22-15/h5-9,13H,1-4H3,(H,18,20)(H,19,21). The van der Waals surface area contributed by atoms with Gasteiger partial charge in [0.1, 0.15) is 11.5 Å². The van der Waals surface area contributed by atoms with E-state index >= 15 is 0 Å². The highest BCUT2D eigenvalue weighted by Gasteiger charge is 2.18. The Morgan fingerprint density at radius 3 is 2.48 bits per heavy atom. The maximum atomic E-state index is 12.0. The number of hydrogen-bond acceptors (Lipinski definition) is 4. The predicted molar refractivity (Wildman–Crippen MR) is 85.1 cm³/mol. The number of benzene rings is 1. The van der Waals surface area contributed by atoms with E-state index in [0.29, 0.717) is 11.5 Å². The average molecular weight is 316 g/mol. The van der Waals surface area contributed by atoms with Crippen molar-refractivity contribution in [3.05, 3.63) is 53.0 Å². The molecule has 0 saturated heterocycles. The molecule has 1 unspecified atom stereocenters. The molecule has 1 aromatic heterocycles. The Labute approximate surface area is 134 Å². The minimum absolute atomic E-state index is 0.130. The van der Waals surface area contributed by atoms with Crippen LogP contribution < -0.4 is 15.6 Å². The summed E-state index contributed by atoms with van der Waals surface area (Å²) in [5, 5.41) is 0. The minimum atomic E-state index is -0.755. The molecule has 0 aliphatic carbocycles. The van der Waals surface area contributed by atoms with Crippen molar-refractivity contribution in [2.45, 2.75) is 33.8 Å². The van der Waals surface area contributed by atoms with Crippen LogP contribution in [0.2, 0.25) is 0 Å². The monoisotopic (exact) mass is 316 g/mol. The van der Waals surface area contributed by atoms with Gasteiger partial charge in [-0.3, -0.25) is 20.4 Å². The number of aryl methyl sites for hydroxylation is 2. The van der Waals surface area contributed by atoms with Crippen LogP contribution in [0.4, 0.5) is 0 Å². The lowest BCUT2D eigenvalue weighted by Gasteiger charge is -2.17. The van der Waals surface area contributed by atoms with Crippen molar-refractivity contribution in [2.24, 2.45) is 0 Å². The molecule has 0 aliphatic rings. The fraction of sp³-hybridized carbons (Fsp3) is 0.294. The Bertz CT molecular complexity index is 721. The van der Waals surface area contributed by atoms with Crippen LogP contribution in [-0.2, 0) is 4.79 Å². The fourth-order valence-electron chi connectivity index (χ4n) is 1.93. The minimum Gasteiger partial charge on any atom is -0.481 e. The Morgan fingerprint density at radius 2 is 1.83 bits per heavy atom. The molecule has 0 spiro atoms. The number of hydrogen-bond donors (Lipinski definition) is 2. The molecule has 1 heterocycles. The van der Waals surface area contributed by atoms with Crippen molar-refractivity contribution >= 4 is 11.8 Å². The van der Waals surface area contributed by atoms with Gasteiger partial charge >= 0.3 is 5.91 Å². The van der Waals surface area contributed by atoms with Crippen LogP contribution in [0.15, 0.2) is 34.7 Å². The van der Waals surface area contributed by atoms with Gasteiger partial charge in [0, 0.05) is 0 Å². The number of hydrazine groups is 1. The van der Waals surface area contributed by atoms with Gasteiger partial charge in [-0.15, -0.1) is 0 Å². The summed E-state index contributed by atoms with van der Waals surface area (Å²) in [6.07, 6.45) is -0.755. The van der Waals surface area contributed by atoms with Crippen molar-refractivity contribution in [2.75, 3.05) is 0 Å². The smallest absolute Gasteiger partial charge is 0.305 e. The van der Waals surface area contributed by atoms with E-state index in [9.17, 15) is 9.59 Å². The summed E-state index contributed by atoms with van der Waals surface area (Å²) in [5.74, 6) is 0.410. The number of nitrogens with one attached hydrogen (secondary N) is 2. The zero-order chi connectivity index (χ0) is 17.0.